The first-order valence-corrected chi connectivity index (χ1v) is 5.06. The Balaban J connectivity index is 2.32. The zero-order valence-electron chi connectivity index (χ0n) is 8.87. The highest BCUT2D eigenvalue weighted by atomic mass is 19.1. The molecule has 1 aromatic rings. The van der Waals surface area contributed by atoms with Crippen molar-refractivity contribution in [1.82, 2.24) is 5.32 Å². The van der Waals surface area contributed by atoms with Gasteiger partial charge in [-0.15, -0.1) is 0 Å². The van der Waals surface area contributed by atoms with Gasteiger partial charge in [-0.1, -0.05) is 12.1 Å². The predicted molar refractivity (Wildman–Crippen MR) is 58.2 cm³/mol. The van der Waals surface area contributed by atoms with Gasteiger partial charge in [0.05, 0.1) is 0 Å². The molecule has 4 N–H and O–H groups in total. The van der Waals surface area contributed by atoms with E-state index < -0.39 is 5.82 Å². The summed E-state index contributed by atoms with van der Waals surface area (Å²) < 4.78 is 12.9. The first-order valence-electron chi connectivity index (χ1n) is 5.06. The molecule has 0 spiro atoms. The van der Waals surface area contributed by atoms with Crippen LogP contribution in [0.3, 0.4) is 0 Å². The van der Waals surface area contributed by atoms with Crippen LogP contribution in [0.25, 0.3) is 0 Å². The van der Waals surface area contributed by atoms with E-state index in [1.165, 1.54) is 12.1 Å². The van der Waals surface area contributed by atoms with E-state index in [2.05, 4.69) is 5.32 Å². The molecule has 0 aliphatic heterocycles. The minimum absolute atomic E-state index is 0.322. The number of hydrogen-bond acceptors (Lipinski definition) is 3. The molecule has 0 heterocycles. The van der Waals surface area contributed by atoms with Crippen molar-refractivity contribution in [2.75, 3.05) is 6.54 Å². The fourth-order valence-electron chi connectivity index (χ4n) is 1.31. The molecule has 1 amide bonds. The molecular weight excluding hydrogens is 211 g/mol. The fourth-order valence-corrected chi connectivity index (χ4v) is 1.31. The van der Waals surface area contributed by atoms with Crippen molar-refractivity contribution in [2.24, 2.45) is 5.73 Å². The summed E-state index contributed by atoms with van der Waals surface area (Å²) >= 11 is 0. The van der Waals surface area contributed by atoms with Gasteiger partial charge in [-0.2, -0.15) is 0 Å². The van der Waals surface area contributed by atoms with E-state index in [1.54, 1.807) is 6.07 Å². The summed E-state index contributed by atoms with van der Waals surface area (Å²) in [6.45, 7) is 0.960. The third kappa shape index (κ3) is 3.86. The Kier molecular flexibility index (Phi) is 4.72. The van der Waals surface area contributed by atoms with E-state index in [0.29, 0.717) is 31.5 Å². The van der Waals surface area contributed by atoms with Crippen LogP contribution in [0, 0.1) is 5.82 Å². The predicted octanol–water partition coefficient (Wildman–Crippen LogP) is 0.886. The highest BCUT2D eigenvalue weighted by molar-refractivity contribution is 5.73. The largest absolute Gasteiger partial charge is 0.505 e. The van der Waals surface area contributed by atoms with Crippen molar-refractivity contribution in [3.63, 3.8) is 0 Å². The summed E-state index contributed by atoms with van der Waals surface area (Å²) in [5.41, 5.74) is 5.47. The summed E-state index contributed by atoms with van der Waals surface area (Å²) in [7, 11) is 0. The summed E-state index contributed by atoms with van der Waals surface area (Å²) in [6.07, 6.45) is 0.952. The van der Waals surface area contributed by atoms with Crippen LogP contribution in [0.15, 0.2) is 18.2 Å². The molecule has 1 rings (SSSR count). The number of benzene rings is 1. The normalized spacial score (nSPS) is 10.3. The summed E-state index contributed by atoms with van der Waals surface area (Å²) in [5.74, 6) is -1.29. The SMILES string of the molecule is NC(=O)CCCNCc1cccc(F)c1O. The lowest BCUT2D eigenvalue weighted by molar-refractivity contribution is -0.118. The first kappa shape index (κ1) is 12.4. The van der Waals surface area contributed by atoms with Gasteiger partial charge in [0.25, 0.3) is 0 Å². The summed E-state index contributed by atoms with van der Waals surface area (Å²) in [4.78, 5) is 10.4. The maximum absolute atomic E-state index is 12.9. The second-order valence-electron chi connectivity index (χ2n) is 3.49. The van der Waals surface area contributed by atoms with Crippen LogP contribution >= 0.6 is 0 Å². The number of carbonyl (C=O) groups excluding carboxylic acids is 1. The van der Waals surface area contributed by atoms with E-state index in [1.807, 2.05) is 0 Å². The molecule has 0 saturated carbocycles. The van der Waals surface area contributed by atoms with Crippen LogP contribution in [0.4, 0.5) is 4.39 Å². The zero-order chi connectivity index (χ0) is 12.0. The number of nitrogens with one attached hydrogen (secondary N) is 1. The molecule has 0 aliphatic carbocycles. The Morgan fingerprint density at radius 2 is 2.25 bits per heavy atom. The number of carbonyl (C=O) groups is 1. The summed E-state index contributed by atoms with van der Waals surface area (Å²) in [6, 6.07) is 4.38. The number of hydrogen-bond donors (Lipinski definition) is 3. The molecule has 4 nitrogen and oxygen atoms in total. The monoisotopic (exact) mass is 226 g/mol. The number of para-hydroxylation sites is 1. The number of halogens is 1. The molecule has 1 aromatic carbocycles. The molecule has 0 aliphatic rings. The van der Waals surface area contributed by atoms with Crippen molar-refractivity contribution in [2.45, 2.75) is 19.4 Å². The second-order valence-corrected chi connectivity index (χ2v) is 3.49. The molecule has 88 valence electrons. The molecule has 0 bridgehead atoms. The van der Waals surface area contributed by atoms with Gasteiger partial charge in [0, 0.05) is 18.5 Å². The third-order valence-electron chi connectivity index (χ3n) is 2.16. The number of amides is 1. The van der Waals surface area contributed by atoms with Gasteiger partial charge in [-0.3, -0.25) is 4.79 Å². The first-order chi connectivity index (χ1) is 7.61. The Hall–Kier alpha value is -1.62. The number of nitrogens with two attached hydrogens (primary N) is 1. The average Bonchev–Trinajstić information content (AvgIpc) is 2.23. The van der Waals surface area contributed by atoms with Crippen molar-refractivity contribution >= 4 is 5.91 Å². The highest BCUT2D eigenvalue weighted by Crippen LogP contribution is 2.20. The molecule has 16 heavy (non-hydrogen) atoms. The van der Waals surface area contributed by atoms with Crippen LogP contribution in [-0.2, 0) is 11.3 Å². The lowest BCUT2D eigenvalue weighted by Crippen LogP contribution is -2.18. The quantitative estimate of drug-likeness (QED) is 0.630. The fraction of sp³-hybridized carbons (Fsp3) is 0.364. The van der Waals surface area contributed by atoms with Gasteiger partial charge < -0.3 is 16.2 Å². The van der Waals surface area contributed by atoms with Gasteiger partial charge in [0.1, 0.15) is 0 Å². The van der Waals surface area contributed by atoms with E-state index in [-0.39, 0.29) is 11.7 Å². The van der Waals surface area contributed by atoms with Gasteiger partial charge in [0.2, 0.25) is 5.91 Å². The van der Waals surface area contributed by atoms with Gasteiger partial charge in [-0.05, 0) is 19.0 Å². The standard InChI is InChI=1S/C11H15FN2O2/c12-9-4-1-3-8(11(9)16)7-14-6-2-5-10(13)15/h1,3-4,14,16H,2,5-7H2,(H2,13,15). The highest BCUT2D eigenvalue weighted by Gasteiger charge is 2.05. The molecule has 0 radical (unpaired) electrons. The van der Waals surface area contributed by atoms with Gasteiger partial charge >= 0.3 is 0 Å². The van der Waals surface area contributed by atoms with Crippen LogP contribution in [0.5, 0.6) is 5.75 Å². The van der Waals surface area contributed by atoms with Gasteiger partial charge in [0.15, 0.2) is 11.6 Å². The van der Waals surface area contributed by atoms with Crippen molar-refractivity contribution in [3.8, 4) is 5.75 Å². The Morgan fingerprint density at radius 3 is 2.94 bits per heavy atom. The maximum atomic E-state index is 12.9. The minimum atomic E-state index is -0.628. The molecule has 0 aromatic heterocycles. The Morgan fingerprint density at radius 1 is 1.50 bits per heavy atom. The number of primary amides is 1. The molecule has 0 unspecified atom stereocenters. The smallest absolute Gasteiger partial charge is 0.217 e. The number of phenolic OH excluding ortho intramolecular Hbond substituents is 1. The van der Waals surface area contributed by atoms with E-state index in [0.717, 1.165) is 0 Å². The summed E-state index contributed by atoms with van der Waals surface area (Å²) in [5, 5.41) is 12.3. The molecule has 0 saturated heterocycles. The van der Waals surface area contributed by atoms with Crippen LogP contribution in [-0.4, -0.2) is 17.6 Å². The van der Waals surface area contributed by atoms with Crippen LogP contribution < -0.4 is 11.1 Å². The van der Waals surface area contributed by atoms with E-state index >= 15 is 0 Å². The second kappa shape index (κ2) is 6.07. The average molecular weight is 226 g/mol. The van der Waals surface area contributed by atoms with Crippen LogP contribution in [0.2, 0.25) is 0 Å². The number of aromatic hydroxyl groups is 1. The Labute approximate surface area is 93.3 Å². The van der Waals surface area contributed by atoms with Crippen molar-refractivity contribution < 1.29 is 14.3 Å². The minimum Gasteiger partial charge on any atom is -0.505 e. The van der Waals surface area contributed by atoms with E-state index in [9.17, 15) is 14.3 Å². The van der Waals surface area contributed by atoms with Crippen molar-refractivity contribution in [1.29, 1.82) is 0 Å². The number of phenols is 1. The van der Waals surface area contributed by atoms with E-state index in [4.69, 9.17) is 5.73 Å². The zero-order valence-corrected chi connectivity index (χ0v) is 8.87. The van der Waals surface area contributed by atoms with Gasteiger partial charge in [-0.25, -0.2) is 4.39 Å². The Bertz CT molecular complexity index is 369. The third-order valence-corrected chi connectivity index (χ3v) is 2.16. The number of rotatable bonds is 6. The molecular formula is C11H15FN2O2. The van der Waals surface area contributed by atoms with Crippen molar-refractivity contribution in [3.05, 3.63) is 29.6 Å². The van der Waals surface area contributed by atoms with Crippen LogP contribution in [0.1, 0.15) is 18.4 Å². The lowest BCUT2D eigenvalue weighted by Gasteiger charge is -2.06. The molecule has 0 atom stereocenters. The molecule has 5 heteroatoms. The lowest BCUT2D eigenvalue weighted by atomic mass is 10.2. The topological polar surface area (TPSA) is 75.4 Å². The molecule has 0 fully saturated rings. The maximum Gasteiger partial charge on any atom is 0.217 e.